The van der Waals surface area contributed by atoms with Crippen LogP contribution in [0.2, 0.25) is 0 Å². The van der Waals surface area contributed by atoms with Crippen LogP contribution < -0.4 is 9.62 Å². The number of hydrogen-bond donors (Lipinski definition) is 1. The molecule has 0 aliphatic carbocycles. The van der Waals surface area contributed by atoms with Crippen LogP contribution in [0.25, 0.3) is 0 Å². The first kappa shape index (κ1) is 14.8. The van der Waals surface area contributed by atoms with Gasteiger partial charge in [-0.05, 0) is 25.1 Å². The van der Waals surface area contributed by atoms with E-state index in [4.69, 9.17) is 4.74 Å². The van der Waals surface area contributed by atoms with Crippen LogP contribution in [0.3, 0.4) is 0 Å². The average Bonchev–Trinajstić information content (AvgIpc) is 2.54. The lowest BCUT2D eigenvalue weighted by Gasteiger charge is -2.38. The molecule has 1 aromatic rings. The molecule has 1 N–H and O–H groups in total. The van der Waals surface area contributed by atoms with Crippen molar-refractivity contribution in [2.75, 3.05) is 44.2 Å². The molecule has 1 atom stereocenters. The Kier molecular flexibility index (Phi) is 4.17. The minimum atomic E-state index is -3.47. The molecule has 0 bridgehead atoms. The van der Waals surface area contributed by atoms with Crippen LogP contribution in [0.15, 0.2) is 24.3 Å². The highest BCUT2D eigenvalue weighted by Crippen LogP contribution is 2.35. The summed E-state index contributed by atoms with van der Waals surface area (Å²) >= 11 is 0. The van der Waals surface area contributed by atoms with E-state index >= 15 is 0 Å². The Morgan fingerprint density at radius 3 is 2.62 bits per heavy atom. The standard InChI is InChI=1S/C14H21N3O3S/c1-15-13-6-7-17(14-5-3-2-4-12(13)14)21(18,19)16-8-10-20-11-9-16/h2-5,13,15H,6-11H2,1H3. The SMILES string of the molecule is CNC1CCN(S(=O)(=O)N2CCOCC2)c2ccccc21. The van der Waals surface area contributed by atoms with E-state index in [9.17, 15) is 8.42 Å². The van der Waals surface area contributed by atoms with Crippen LogP contribution in [0, 0.1) is 0 Å². The van der Waals surface area contributed by atoms with Gasteiger partial charge in [-0.3, -0.25) is 4.31 Å². The van der Waals surface area contributed by atoms with E-state index in [1.165, 1.54) is 4.31 Å². The second kappa shape index (κ2) is 5.92. The lowest BCUT2D eigenvalue weighted by molar-refractivity contribution is 0.0729. The van der Waals surface area contributed by atoms with E-state index in [1.54, 1.807) is 4.31 Å². The maximum Gasteiger partial charge on any atom is 0.304 e. The van der Waals surface area contributed by atoms with E-state index in [1.807, 2.05) is 31.3 Å². The van der Waals surface area contributed by atoms with E-state index in [0.29, 0.717) is 32.8 Å². The number of morpholine rings is 1. The van der Waals surface area contributed by atoms with Crippen molar-refractivity contribution in [3.05, 3.63) is 29.8 Å². The molecule has 0 spiro atoms. The van der Waals surface area contributed by atoms with Crippen LogP contribution in [0.1, 0.15) is 18.0 Å². The normalized spacial score (nSPS) is 23.9. The van der Waals surface area contributed by atoms with Gasteiger partial charge in [-0.25, -0.2) is 0 Å². The Bertz CT molecular complexity index is 599. The first-order valence-corrected chi connectivity index (χ1v) is 8.66. The van der Waals surface area contributed by atoms with Gasteiger partial charge in [-0.1, -0.05) is 18.2 Å². The fourth-order valence-corrected chi connectivity index (χ4v) is 4.63. The summed E-state index contributed by atoms with van der Waals surface area (Å²) in [7, 11) is -1.56. The zero-order valence-electron chi connectivity index (χ0n) is 12.2. The minimum absolute atomic E-state index is 0.206. The molecule has 2 heterocycles. The third-order valence-corrected chi connectivity index (χ3v) is 6.08. The van der Waals surface area contributed by atoms with Crippen LogP contribution in [0.5, 0.6) is 0 Å². The van der Waals surface area contributed by atoms with Crippen LogP contribution in [-0.4, -0.2) is 52.6 Å². The van der Waals surface area contributed by atoms with Gasteiger partial charge in [0.15, 0.2) is 0 Å². The number of anilines is 1. The summed E-state index contributed by atoms with van der Waals surface area (Å²) in [5, 5.41) is 3.26. The van der Waals surface area contributed by atoms with Crippen LogP contribution >= 0.6 is 0 Å². The Balaban J connectivity index is 1.95. The smallest absolute Gasteiger partial charge is 0.304 e. The number of hydrogen-bond acceptors (Lipinski definition) is 4. The zero-order valence-corrected chi connectivity index (χ0v) is 13.0. The summed E-state index contributed by atoms with van der Waals surface area (Å²) in [6.07, 6.45) is 0.775. The van der Waals surface area contributed by atoms with Crippen molar-refractivity contribution in [2.45, 2.75) is 12.5 Å². The highest BCUT2D eigenvalue weighted by Gasteiger charge is 2.35. The van der Waals surface area contributed by atoms with E-state index in [0.717, 1.165) is 17.7 Å². The van der Waals surface area contributed by atoms with Gasteiger partial charge in [0.05, 0.1) is 18.9 Å². The second-order valence-corrected chi connectivity index (χ2v) is 7.13. The quantitative estimate of drug-likeness (QED) is 0.894. The Hall–Kier alpha value is -1.15. The molecular weight excluding hydrogens is 290 g/mol. The third kappa shape index (κ3) is 2.66. The second-order valence-electron chi connectivity index (χ2n) is 5.28. The number of para-hydroxylation sites is 1. The average molecular weight is 311 g/mol. The van der Waals surface area contributed by atoms with Gasteiger partial charge >= 0.3 is 10.2 Å². The Labute approximate surface area is 125 Å². The maximum absolute atomic E-state index is 12.9. The number of benzene rings is 1. The lowest BCUT2D eigenvalue weighted by atomic mass is 9.98. The molecule has 2 aliphatic heterocycles. The van der Waals surface area contributed by atoms with Gasteiger partial charge in [0, 0.05) is 25.7 Å². The highest BCUT2D eigenvalue weighted by atomic mass is 32.2. The fourth-order valence-electron chi connectivity index (χ4n) is 2.99. The van der Waals surface area contributed by atoms with Gasteiger partial charge in [0.1, 0.15) is 0 Å². The molecule has 2 aliphatic rings. The largest absolute Gasteiger partial charge is 0.379 e. The van der Waals surface area contributed by atoms with Crippen molar-refractivity contribution >= 4 is 15.9 Å². The number of nitrogens with zero attached hydrogens (tertiary/aromatic N) is 2. The molecule has 1 aromatic carbocycles. The summed E-state index contributed by atoms with van der Waals surface area (Å²) < 4.78 is 34.1. The van der Waals surface area contributed by atoms with Gasteiger partial charge in [-0.2, -0.15) is 12.7 Å². The van der Waals surface area contributed by atoms with Crippen LogP contribution in [-0.2, 0) is 14.9 Å². The summed E-state index contributed by atoms with van der Waals surface area (Å²) in [5.41, 5.74) is 1.83. The van der Waals surface area contributed by atoms with Gasteiger partial charge in [0.25, 0.3) is 0 Å². The van der Waals surface area contributed by atoms with Crippen molar-refractivity contribution in [2.24, 2.45) is 0 Å². The van der Waals surface area contributed by atoms with Gasteiger partial charge < -0.3 is 10.1 Å². The van der Waals surface area contributed by atoms with Gasteiger partial charge in [-0.15, -0.1) is 0 Å². The summed E-state index contributed by atoms with van der Waals surface area (Å²) in [6.45, 7) is 2.29. The predicted octanol–water partition coefficient (Wildman–Crippen LogP) is 0.734. The summed E-state index contributed by atoms with van der Waals surface area (Å²) in [5.74, 6) is 0. The number of nitrogens with one attached hydrogen (secondary N) is 1. The van der Waals surface area contributed by atoms with Gasteiger partial charge in [0.2, 0.25) is 0 Å². The maximum atomic E-state index is 12.9. The fraction of sp³-hybridized carbons (Fsp3) is 0.571. The summed E-state index contributed by atoms with van der Waals surface area (Å²) in [4.78, 5) is 0. The van der Waals surface area contributed by atoms with Crippen molar-refractivity contribution in [3.63, 3.8) is 0 Å². The number of fused-ring (bicyclic) bond motifs is 1. The number of rotatable bonds is 3. The Morgan fingerprint density at radius 2 is 1.90 bits per heavy atom. The van der Waals surface area contributed by atoms with Crippen molar-refractivity contribution in [3.8, 4) is 0 Å². The molecule has 1 fully saturated rings. The first-order valence-electron chi connectivity index (χ1n) is 7.26. The number of ether oxygens (including phenoxy) is 1. The third-order valence-electron chi connectivity index (χ3n) is 4.13. The van der Waals surface area contributed by atoms with E-state index < -0.39 is 10.2 Å². The molecule has 3 rings (SSSR count). The van der Waals surface area contributed by atoms with Crippen molar-refractivity contribution in [1.82, 2.24) is 9.62 Å². The minimum Gasteiger partial charge on any atom is -0.379 e. The molecular formula is C14H21N3O3S. The first-order chi connectivity index (χ1) is 10.1. The molecule has 21 heavy (non-hydrogen) atoms. The Morgan fingerprint density at radius 1 is 1.19 bits per heavy atom. The highest BCUT2D eigenvalue weighted by molar-refractivity contribution is 7.90. The van der Waals surface area contributed by atoms with E-state index in [-0.39, 0.29) is 6.04 Å². The molecule has 0 radical (unpaired) electrons. The molecule has 116 valence electrons. The lowest BCUT2D eigenvalue weighted by Crippen LogP contribution is -2.50. The van der Waals surface area contributed by atoms with Crippen molar-refractivity contribution < 1.29 is 13.2 Å². The molecule has 0 amide bonds. The predicted molar refractivity (Wildman–Crippen MR) is 81.5 cm³/mol. The van der Waals surface area contributed by atoms with E-state index in [2.05, 4.69) is 5.32 Å². The summed E-state index contributed by atoms with van der Waals surface area (Å²) in [6, 6.07) is 7.93. The molecule has 0 saturated carbocycles. The molecule has 1 unspecified atom stereocenters. The molecule has 7 heteroatoms. The molecule has 0 aromatic heterocycles. The monoisotopic (exact) mass is 311 g/mol. The zero-order chi connectivity index (χ0) is 14.9. The van der Waals surface area contributed by atoms with Crippen molar-refractivity contribution in [1.29, 1.82) is 0 Å². The molecule has 1 saturated heterocycles. The molecule has 6 nitrogen and oxygen atoms in total. The topological polar surface area (TPSA) is 61.9 Å². The van der Waals surface area contributed by atoms with Crippen LogP contribution in [0.4, 0.5) is 5.69 Å².